The van der Waals surface area contributed by atoms with Gasteiger partial charge in [-0.25, -0.2) is 4.98 Å². The number of pyridine rings is 1. The van der Waals surface area contributed by atoms with Gasteiger partial charge in [-0.05, 0) is 71.8 Å². The first-order valence-corrected chi connectivity index (χ1v) is 17.1. The Morgan fingerprint density at radius 1 is 0.500 bits per heavy atom. The molecule has 0 atom stereocenters. The van der Waals surface area contributed by atoms with Crippen LogP contribution in [0.25, 0.3) is 38.8 Å². The van der Waals surface area contributed by atoms with E-state index in [4.69, 9.17) is 4.98 Å². The average molecular weight is 610 g/mol. The van der Waals surface area contributed by atoms with Crippen LogP contribution < -0.4 is 20.8 Å². The third-order valence-corrected chi connectivity index (χ3v) is 12.1. The minimum Gasteiger partial charge on any atom is -0.309 e. The summed E-state index contributed by atoms with van der Waals surface area (Å²) in [5.41, 5.74) is 8.04. The highest BCUT2D eigenvalue weighted by Gasteiger charge is 2.40. The maximum absolute atomic E-state index is 15.5. The third-order valence-electron chi connectivity index (χ3n) is 9.00. The average Bonchev–Trinajstić information content (AvgIpc) is 3.47. The number of benzene rings is 6. The summed E-state index contributed by atoms with van der Waals surface area (Å²) in [6.45, 7) is 0. The van der Waals surface area contributed by atoms with Crippen LogP contribution in [0.4, 0.5) is 17.1 Å². The molecule has 0 saturated carbocycles. The largest absolute Gasteiger partial charge is 0.309 e. The van der Waals surface area contributed by atoms with E-state index in [1.54, 1.807) is 0 Å². The van der Waals surface area contributed by atoms with E-state index in [0.29, 0.717) is 0 Å². The first-order chi connectivity index (χ1) is 22.7. The Labute approximate surface area is 267 Å². The Hall–Kier alpha value is -5.70. The molecule has 0 spiro atoms. The van der Waals surface area contributed by atoms with Crippen molar-refractivity contribution in [1.82, 2.24) is 9.55 Å². The van der Waals surface area contributed by atoms with Crippen molar-refractivity contribution < 1.29 is 4.57 Å². The van der Waals surface area contributed by atoms with Crippen LogP contribution in [0.2, 0.25) is 0 Å². The zero-order valence-corrected chi connectivity index (χ0v) is 25.8. The Kier molecular flexibility index (Phi) is 6.06. The fourth-order valence-electron chi connectivity index (χ4n) is 7.00. The van der Waals surface area contributed by atoms with Crippen molar-refractivity contribution in [3.8, 4) is 16.8 Å². The molecule has 2 aromatic heterocycles. The lowest BCUT2D eigenvalue weighted by Gasteiger charge is -2.38. The molecular formula is C41H28N3OP. The lowest BCUT2D eigenvalue weighted by molar-refractivity contribution is 0.592. The summed E-state index contributed by atoms with van der Waals surface area (Å²) >= 11 is 0. The molecule has 46 heavy (non-hydrogen) atoms. The van der Waals surface area contributed by atoms with Crippen molar-refractivity contribution in [3.05, 3.63) is 170 Å². The fourth-order valence-corrected chi connectivity index (χ4v) is 9.99. The molecule has 8 aromatic rings. The molecule has 1 aliphatic heterocycles. The van der Waals surface area contributed by atoms with Crippen LogP contribution >= 0.6 is 7.14 Å². The van der Waals surface area contributed by atoms with E-state index < -0.39 is 7.14 Å². The van der Waals surface area contributed by atoms with Gasteiger partial charge in [-0.1, -0.05) is 103 Å². The second kappa shape index (κ2) is 10.4. The van der Waals surface area contributed by atoms with Gasteiger partial charge in [0.15, 0.2) is 7.14 Å². The summed E-state index contributed by atoms with van der Waals surface area (Å²) in [6.07, 6.45) is 1.86. The van der Waals surface area contributed by atoms with Gasteiger partial charge in [-0.3, -0.25) is 4.57 Å². The van der Waals surface area contributed by atoms with Gasteiger partial charge >= 0.3 is 0 Å². The van der Waals surface area contributed by atoms with Gasteiger partial charge in [0.05, 0.1) is 22.6 Å². The topological polar surface area (TPSA) is 38.1 Å². The van der Waals surface area contributed by atoms with Gasteiger partial charge in [0.25, 0.3) is 0 Å². The molecule has 6 aromatic carbocycles. The smallest absolute Gasteiger partial charge is 0.175 e. The number of anilines is 3. The maximum Gasteiger partial charge on any atom is 0.175 e. The predicted molar refractivity (Wildman–Crippen MR) is 192 cm³/mol. The van der Waals surface area contributed by atoms with E-state index in [2.05, 4.69) is 94.4 Å². The minimum absolute atomic E-state index is 0.838. The van der Waals surface area contributed by atoms with Crippen molar-refractivity contribution >= 4 is 62.1 Å². The van der Waals surface area contributed by atoms with Crippen LogP contribution in [0.5, 0.6) is 0 Å². The van der Waals surface area contributed by atoms with Crippen molar-refractivity contribution in [3.63, 3.8) is 0 Å². The number of aromatic nitrogens is 2. The summed E-state index contributed by atoms with van der Waals surface area (Å²) < 4.78 is 17.7. The highest BCUT2D eigenvalue weighted by Crippen LogP contribution is 2.54. The van der Waals surface area contributed by atoms with E-state index in [-0.39, 0.29) is 0 Å². The maximum atomic E-state index is 15.5. The Morgan fingerprint density at radius 3 is 1.83 bits per heavy atom. The summed E-state index contributed by atoms with van der Waals surface area (Å²) in [4.78, 5) is 7.16. The van der Waals surface area contributed by atoms with Gasteiger partial charge in [0.1, 0.15) is 5.65 Å². The summed E-state index contributed by atoms with van der Waals surface area (Å²) in [5, 5.41) is 4.79. The molecule has 5 heteroatoms. The normalized spacial score (nSPS) is 13.4. The molecule has 0 amide bonds. The molecule has 0 N–H and O–H groups in total. The molecule has 9 rings (SSSR count). The van der Waals surface area contributed by atoms with Crippen molar-refractivity contribution in [2.45, 2.75) is 0 Å². The van der Waals surface area contributed by atoms with Crippen LogP contribution in [0.15, 0.2) is 170 Å². The zero-order chi connectivity index (χ0) is 30.7. The minimum atomic E-state index is -3.16. The monoisotopic (exact) mass is 609 g/mol. The quantitative estimate of drug-likeness (QED) is 0.187. The fraction of sp³-hybridized carbons (Fsp3) is 0. The first-order valence-electron chi connectivity index (χ1n) is 15.4. The van der Waals surface area contributed by atoms with E-state index in [0.717, 1.165) is 71.7 Å². The lowest BCUT2D eigenvalue weighted by atomic mass is 10.0. The van der Waals surface area contributed by atoms with Crippen LogP contribution in [-0.4, -0.2) is 9.55 Å². The van der Waals surface area contributed by atoms with E-state index >= 15 is 4.57 Å². The van der Waals surface area contributed by atoms with Gasteiger partial charge < -0.3 is 9.46 Å². The Bertz CT molecular complexity index is 2360. The summed E-state index contributed by atoms with van der Waals surface area (Å²) in [7, 11) is -3.16. The Balaban J connectivity index is 1.36. The van der Waals surface area contributed by atoms with Crippen LogP contribution in [0, 0.1) is 0 Å². The van der Waals surface area contributed by atoms with Crippen molar-refractivity contribution in [2.24, 2.45) is 0 Å². The molecule has 3 heterocycles. The van der Waals surface area contributed by atoms with Crippen LogP contribution in [0.1, 0.15) is 0 Å². The molecular weight excluding hydrogens is 581 g/mol. The molecule has 0 aliphatic carbocycles. The molecule has 0 saturated heterocycles. The SMILES string of the molecule is O=P1(c2ccccc2)c2ccccc2N(c2cc(-c3ccccc3)cc(-n3c4ccccc4c4cccnc43)c2)c2ccccc21. The van der Waals surface area contributed by atoms with Crippen LogP contribution in [0.3, 0.4) is 0 Å². The number of hydrogen-bond acceptors (Lipinski definition) is 3. The van der Waals surface area contributed by atoms with E-state index in [1.165, 1.54) is 0 Å². The highest BCUT2D eigenvalue weighted by molar-refractivity contribution is 7.86. The van der Waals surface area contributed by atoms with E-state index in [9.17, 15) is 0 Å². The first kappa shape index (κ1) is 26.7. The van der Waals surface area contributed by atoms with Gasteiger partial charge in [0.2, 0.25) is 0 Å². The standard InChI is InChI=1S/C41H28N3OP/c45-46(33-16-5-2-6-17-33)39-23-11-9-21-37(39)43(38-22-10-12-24-40(38)46)31-26-30(29-14-3-1-4-15-29)27-32(28-31)44-36-20-8-7-18-34(36)35-19-13-25-42-41(35)44/h1-28H. The molecule has 0 unspecified atom stereocenters. The second-order valence-electron chi connectivity index (χ2n) is 11.6. The number of fused-ring (bicyclic) bond motifs is 5. The number of para-hydroxylation sites is 3. The Morgan fingerprint density at radius 2 is 1.09 bits per heavy atom. The van der Waals surface area contributed by atoms with Gasteiger partial charge in [0, 0.05) is 38.6 Å². The molecule has 4 nitrogen and oxygen atoms in total. The molecule has 0 radical (unpaired) electrons. The number of rotatable bonds is 4. The molecule has 0 fully saturated rings. The molecule has 218 valence electrons. The van der Waals surface area contributed by atoms with Gasteiger partial charge in [-0.15, -0.1) is 0 Å². The third kappa shape index (κ3) is 3.94. The lowest BCUT2D eigenvalue weighted by Crippen LogP contribution is -2.36. The molecule has 1 aliphatic rings. The van der Waals surface area contributed by atoms with E-state index in [1.807, 2.05) is 85.1 Å². The zero-order valence-electron chi connectivity index (χ0n) is 24.9. The summed E-state index contributed by atoms with van der Waals surface area (Å²) in [5.74, 6) is 0. The molecule has 0 bridgehead atoms. The van der Waals surface area contributed by atoms with Crippen molar-refractivity contribution in [2.75, 3.05) is 4.90 Å². The number of hydrogen-bond donors (Lipinski definition) is 0. The highest BCUT2D eigenvalue weighted by atomic mass is 31.2. The van der Waals surface area contributed by atoms with Crippen LogP contribution in [-0.2, 0) is 4.57 Å². The van der Waals surface area contributed by atoms with Gasteiger partial charge in [-0.2, -0.15) is 0 Å². The van der Waals surface area contributed by atoms with Crippen molar-refractivity contribution in [1.29, 1.82) is 0 Å². The predicted octanol–water partition coefficient (Wildman–Crippen LogP) is 9.27. The number of nitrogens with zero attached hydrogens (tertiary/aromatic N) is 3. The second-order valence-corrected chi connectivity index (χ2v) is 14.3. The summed E-state index contributed by atoms with van der Waals surface area (Å²) in [6, 6.07) is 56.1.